The zero-order chi connectivity index (χ0) is 21.1. The zero-order valence-electron chi connectivity index (χ0n) is 14.6. The van der Waals surface area contributed by atoms with Crippen LogP contribution in [-0.2, 0) is 13.2 Å². The van der Waals surface area contributed by atoms with Gasteiger partial charge < -0.3 is 4.42 Å². The summed E-state index contributed by atoms with van der Waals surface area (Å²) < 4.78 is 59.8. The molecular weight excluding hydrogens is 424 g/mol. The van der Waals surface area contributed by atoms with Gasteiger partial charge >= 0.3 is 11.9 Å². The molecule has 1 aromatic carbocycles. The van der Waals surface area contributed by atoms with Gasteiger partial charge in [-0.15, -0.1) is 0 Å². The van der Waals surface area contributed by atoms with Crippen molar-refractivity contribution in [1.82, 2.24) is 9.13 Å². The summed E-state index contributed by atoms with van der Waals surface area (Å²) in [4.78, 5) is 25.2. The van der Waals surface area contributed by atoms with Crippen molar-refractivity contribution in [3.63, 3.8) is 0 Å². The monoisotopic (exact) mass is 434 g/mol. The first-order valence-electron chi connectivity index (χ1n) is 7.69. The second-order valence-corrected chi connectivity index (χ2v) is 7.04. The number of halogens is 5. The second-order valence-electron chi connectivity index (χ2n) is 6.02. The van der Waals surface area contributed by atoms with Crippen molar-refractivity contribution in [2.75, 3.05) is 0 Å². The first kappa shape index (κ1) is 20.3. The van der Waals surface area contributed by atoms with Crippen molar-refractivity contribution in [1.29, 1.82) is 0 Å². The minimum atomic E-state index is -4.94. The third-order valence-electron chi connectivity index (χ3n) is 4.20. The zero-order valence-corrected chi connectivity index (χ0v) is 16.1. The number of aryl methyl sites for hydroxylation is 1. The number of hydrogen-bond acceptors (Lipinski definition) is 4. The van der Waals surface area contributed by atoms with E-state index in [1.807, 2.05) is 0 Å². The van der Waals surface area contributed by atoms with Crippen molar-refractivity contribution in [2.45, 2.75) is 20.0 Å². The number of thiocarbonyl (C=S) groups is 1. The third-order valence-corrected chi connectivity index (χ3v) is 4.71. The van der Waals surface area contributed by atoms with Gasteiger partial charge in [-0.1, -0.05) is 23.8 Å². The maximum atomic E-state index is 14.7. The summed E-state index contributed by atoms with van der Waals surface area (Å²) >= 11 is 11.2. The van der Waals surface area contributed by atoms with Crippen LogP contribution in [0.4, 0.5) is 17.6 Å². The fourth-order valence-electron chi connectivity index (χ4n) is 3.04. The normalized spacial score (nSPS) is 12.0. The Kier molecular flexibility index (Phi) is 4.75. The minimum Gasteiger partial charge on any atom is -0.458 e. The Labute approximate surface area is 164 Å². The van der Waals surface area contributed by atoms with Crippen LogP contribution in [0.3, 0.4) is 0 Å². The van der Waals surface area contributed by atoms with Crippen LogP contribution >= 0.6 is 23.8 Å². The summed E-state index contributed by atoms with van der Waals surface area (Å²) in [6, 6.07) is 1.06. The van der Waals surface area contributed by atoms with Gasteiger partial charge in [0.05, 0.1) is 5.02 Å². The molecule has 0 N–H and O–H groups in total. The molecule has 0 spiro atoms. The van der Waals surface area contributed by atoms with E-state index in [0.29, 0.717) is 10.4 Å². The van der Waals surface area contributed by atoms with Gasteiger partial charge in [-0.3, -0.25) is 9.36 Å². The van der Waals surface area contributed by atoms with Crippen molar-refractivity contribution < 1.29 is 22.0 Å². The smallest absolute Gasteiger partial charge is 0.431 e. The summed E-state index contributed by atoms with van der Waals surface area (Å²) in [6.45, 7) is 3.10. The average Bonchev–Trinajstić information content (AvgIpc) is 2.90. The summed E-state index contributed by atoms with van der Waals surface area (Å²) in [6.07, 6.45) is -4.94. The molecule has 0 aliphatic carbocycles. The number of rotatable bonds is 2. The number of alkyl halides is 3. The summed E-state index contributed by atoms with van der Waals surface area (Å²) in [5.41, 5.74) is -4.74. The SMILES string of the molecule is CC(=S)c1c(C)oc2c(-n3c(=O)cc(C(F)(F)F)n(C)c3=O)c(F)cc(Cl)c12. The lowest BCUT2D eigenvalue weighted by atomic mass is 10.1. The molecule has 0 amide bonds. The lowest BCUT2D eigenvalue weighted by Gasteiger charge is -2.14. The van der Waals surface area contributed by atoms with Gasteiger partial charge in [0.25, 0.3) is 5.56 Å². The van der Waals surface area contributed by atoms with Crippen LogP contribution < -0.4 is 11.2 Å². The molecule has 0 atom stereocenters. The van der Waals surface area contributed by atoms with E-state index in [1.165, 1.54) is 6.92 Å². The Hall–Kier alpha value is -2.46. The summed E-state index contributed by atoms with van der Waals surface area (Å²) in [5, 5.41) is 0.0843. The van der Waals surface area contributed by atoms with Gasteiger partial charge in [0.2, 0.25) is 0 Å². The number of aromatic nitrogens is 2. The number of furan rings is 1. The van der Waals surface area contributed by atoms with Crippen LogP contribution in [0.2, 0.25) is 5.02 Å². The molecule has 3 aromatic rings. The highest BCUT2D eigenvalue weighted by Crippen LogP contribution is 2.37. The van der Waals surface area contributed by atoms with Crippen molar-refractivity contribution in [3.8, 4) is 5.69 Å². The highest BCUT2D eigenvalue weighted by atomic mass is 35.5. The minimum absolute atomic E-state index is 0.0796. The Morgan fingerprint density at radius 3 is 2.39 bits per heavy atom. The molecule has 0 unspecified atom stereocenters. The Bertz CT molecular complexity index is 1270. The van der Waals surface area contributed by atoms with E-state index in [2.05, 4.69) is 0 Å². The highest BCUT2D eigenvalue weighted by molar-refractivity contribution is 7.80. The first-order chi connectivity index (χ1) is 12.9. The Balaban J connectivity index is 2.53. The van der Waals surface area contributed by atoms with Crippen LogP contribution in [-0.4, -0.2) is 14.0 Å². The fourth-order valence-corrected chi connectivity index (χ4v) is 3.56. The second kappa shape index (κ2) is 6.56. The van der Waals surface area contributed by atoms with Crippen LogP contribution in [0.5, 0.6) is 0 Å². The quantitative estimate of drug-likeness (QED) is 0.345. The molecule has 2 heterocycles. The number of benzene rings is 1. The van der Waals surface area contributed by atoms with Crippen LogP contribution in [0, 0.1) is 12.7 Å². The Morgan fingerprint density at radius 2 is 1.86 bits per heavy atom. The van der Waals surface area contributed by atoms with Gasteiger partial charge in [0, 0.05) is 28.9 Å². The van der Waals surface area contributed by atoms with Gasteiger partial charge in [-0.05, 0) is 19.9 Å². The van der Waals surface area contributed by atoms with E-state index in [9.17, 15) is 27.2 Å². The van der Waals surface area contributed by atoms with Gasteiger partial charge in [-0.2, -0.15) is 13.2 Å². The molecule has 0 saturated heterocycles. The number of fused-ring (bicyclic) bond motifs is 1. The van der Waals surface area contributed by atoms with Crippen LogP contribution in [0.25, 0.3) is 16.7 Å². The molecule has 2 aromatic heterocycles. The molecule has 0 saturated carbocycles. The predicted octanol–water partition coefficient (Wildman–Crippen LogP) is 4.14. The van der Waals surface area contributed by atoms with E-state index >= 15 is 0 Å². The molecule has 0 radical (unpaired) electrons. The Morgan fingerprint density at radius 1 is 1.25 bits per heavy atom. The molecule has 0 aliphatic heterocycles. The van der Waals surface area contributed by atoms with Crippen molar-refractivity contribution >= 4 is 39.7 Å². The maximum absolute atomic E-state index is 14.7. The lowest BCUT2D eigenvalue weighted by Crippen LogP contribution is -2.41. The molecule has 0 fully saturated rings. The predicted molar refractivity (Wildman–Crippen MR) is 99.1 cm³/mol. The first-order valence-corrected chi connectivity index (χ1v) is 8.47. The molecular formula is C17H11ClF4N2O3S. The summed E-state index contributed by atoms with van der Waals surface area (Å²) in [7, 11) is 0.825. The van der Waals surface area contributed by atoms with Gasteiger partial charge in [0.1, 0.15) is 17.1 Å². The van der Waals surface area contributed by atoms with Gasteiger partial charge in [0.15, 0.2) is 11.4 Å². The topological polar surface area (TPSA) is 57.1 Å². The molecule has 0 bridgehead atoms. The van der Waals surface area contributed by atoms with E-state index in [4.69, 9.17) is 28.2 Å². The average molecular weight is 435 g/mol. The van der Waals surface area contributed by atoms with E-state index < -0.39 is 34.6 Å². The third kappa shape index (κ3) is 2.96. The van der Waals surface area contributed by atoms with Crippen LogP contribution in [0.1, 0.15) is 23.9 Å². The van der Waals surface area contributed by atoms with E-state index in [1.54, 1.807) is 6.92 Å². The molecule has 148 valence electrons. The molecule has 0 aliphatic rings. The highest BCUT2D eigenvalue weighted by Gasteiger charge is 2.35. The van der Waals surface area contributed by atoms with E-state index in [0.717, 1.165) is 13.1 Å². The number of hydrogen-bond donors (Lipinski definition) is 0. The molecule has 3 rings (SSSR count). The molecule has 11 heteroatoms. The lowest BCUT2D eigenvalue weighted by molar-refractivity contribution is -0.144. The van der Waals surface area contributed by atoms with Gasteiger partial charge in [-0.25, -0.2) is 13.8 Å². The van der Waals surface area contributed by atoms with Crippen LogP contribution in [0.15, 0.2) is 26.1 Å². The fraction of sp³-hybridized carbons (Fsp3) is 0.235. The summed E-state index contributed by atoms with van der Waals surface area (Å²) in [5.74, 6) is -0.855. The molecule has 28 heavy (non-hydrogen) atoms. The maximum Gasteiger partial charge on any atom is 0.431 e. The number of nitrogens with zero attached hydrogens (tertiary/aromatic N) is 2. The van der Waals surface area contributed by atoms with Crippen molar-refractivity contribution in [3.05, 3.63) is 60.8 Å². The molecule has 5 nitrogen and oxygen atoms in total. The standard InChI is InChI=1S/C17H11ClF4N2O3S/c1-6-12(7(2)28)13-8(18)4-9(19)14(15(13)27-6)24-11(25)5-10(17(20,21)22)23(3)16(24)26/h4-5H,1-3H3. The largest absolute Gasteiger partial charge is 0.458 e. The van der Waals surface area contributed by atoms with E-state index in [-0.39, 0.29) is 37.0 Å². The van der Waals surface area contributed by atoms with Crippen molar-refractivity contribution in [2.24, 2.45) is 7.05 Å².